The number of methoxy groups -OCH3 is 1. The Hall–Kier alpha value is -1.71. The molecule has 0 unspecified atom stereocenters. The fraction of sp³-hybridized carbons (Fsp3) is 0.500. The second-order valence-corrected chi connectivity index (χ2v) is 4.81. The molecule has 2 N–H and O–H groups in total. The number of benzene rings is 1. The zero-order valence-electron chi connectivity index (χ0n) is 11.0. The van der Waals surface area contributed by atoms with Crippen molar-refractivity contribution in [3.05, 3.63) is 23.8 Å². The van der Waals surface area contributed by atoms with E-state index in [0.29, 0.717) is 23.0 Å². The van der Waals surface area contributed by atoms with E-state index in [0.717, 1.165) is 12.8 Å². The van der Waals surface area contributed by atoms with Crippen LogP contribution in [-0.2, 0) is 0 Å². The summed E-state index contributed by atoms with van der Waals surface area (Å²) in [6.45, 7) is 0. The molecule has 0 radical (unpaired) electrons. The number of hydrogen-bond acceptors (Lipinski definition) is 3. The minimum atomic E-state index is -0.0155. The van der Waals surface area contributed by atoms with E-state index in [2.05, 4.69) is 0 Å². The number of anilines is 1. The Kier molecular flexibility index (Phi) is 3.75. The van der Waals surface area contributed by atoms with Crippen molar-refractivity contribution in [1.29, 1.82) is 0 Å². The average Bonchev–Trinajstić information content (AvgIpc) is 2.91. The molecule has 0 spiro atoms. The molecule has 1 amide bonds. The minimum absolute atomic E-state index is 0.0155. The maximum atomic E-state index is 12.4. The standard InChI is InChI=1S/C14H20N2O2/c1-16(10-5-3-4-6-10)14(17)12-9-11(18-2)7-8-13(12)15/h7-10H,3-6,15H2,1-2H3. The van der Waals surface area contributed by atoms with E-state index in [4.69, 9.17) is 10.5 Å². The topological polar surface area (TPSA) is 55.6 Å². The predicted molar refractivity (Wildman–Crippen MR) is 71.8 cm³/mol. The Morgan fingerprint density at radius 3 is 2.67 bits per heavy atom. The number of ether oxygens (including phenoxy) is 1. The molecule has 0 aliphatic heterocycles. The summed E-state index contributed by atoms with van der Waals surface area (Å²) in [5.41, 5.74) is 6.91. The van der Waals surface area contributed by atoms with Crippen LogP contribution in [-0.4, -0.2) is 31.0 Å². The summed E-state index contributed by atoms with van der Waals surface area (Å²) >= 11 is 0. The summed E-state index contributed by atoms with van der Waals surface area (Å²) in [7, 11) is 3.44. The first-order valence-electron chi connectivity index (χ1n) is 6.34. The number of hydrogen-bond donors (Lipinski definition) is 1. The quantitative estimate of drug-likeness (QED) is 0.835. The highest BCUT2D eigenvalue weighted by Gasteiger charge is 2.25. The predicted octanol–water partition coefficient (Wildman–Crippen LogP) is 2.29. The van der Waals surface area contributed by atoms with Crippen molar-refractivity contribution in [2.45, 2.75) is 31.7 Å². The van der Waals surface area contributed by atoms with Gasteiger partial charge in [-0.15, -0.1) is 0 Å². The van der Waals surface area contributed by atoms with E-state index in [1.165, 1.54) is 12.8 Å². The van der Waals surface area contributed by atoms with Gasteiger partial charge in [-0.2, -0.15) is 0 Å². The summed E-state index contributed by atoms with van der Waals surface area (Å²) in [5, 5.41) is 0. The van der Waals surface area contributed by atoms with Crippen molar-refractivity contribution in [3.63, 3.8) is 0 Å². The van der Waals surface area contributed by atoms with Gasteiger partial charge in [0.25, 0.3) is 5.91 Å². The molecule has 0 aromatic heterocycles. The molecule has 4 heteroatoms. The van der Waals surface area contributed by atoms with Crippen LogP contribution in [0.5, 0.6) is 5.75 Å². The number of nitrogens with zero attached hydrogens (tertiary/aromatic N) is 1. The number of nitrogen functional groups attached to an aromatic ring is 1. The zero-order valence-corrected chi connectivity index (χ0v) is 11.0. The molecule has 0 bridgehead atoms. The van der Waals surface area contributed by atoms with Gasteiger partial charge in [0.05, 0.1) is 12.7 Å². The Morgan fingerprint density at radius 2 is 2.06 bits per heavy atom. The molecule has 0 atom stereocenters. The lowest BCUT2D eigenvalue weighted by atomic mass is 10.1. The molecule has 1 aromatic rings. The van der Waals surface area contributed by atoms with Crippen LogP contribution in [0.3, 0.4) is 0 Å². The first-order chi connectivity index (χ1) is 8.63. The van der Waals surface area contributed by atoms with Crippen molar-refractivity contribution < 1.29 is 9.53 Å². The van der Waals surface area contributed by atoms with Crippen LogP contribution >= 0.6 is 0 Å². The lowest BCUT2D eigenvalue weighted by Crippen LogP contribution is -2.35. The lowest BCUT2D eigenvalue weighted by Gasteiger charge is -2.25. The molecule has 98 valence electrons. The van der Waals surface area contributed by atoms with Crippen molar-refractivity contribution in [3.8, 4) is 5.75 Å². The summed E-state index contributed by atoms with van der Waals surface area (Å²) in [4.78, 5) is 14.2. The summed E-state index contributed by atoms with van der Waals surface area (Å²) in [5.74, 6) is 0.644. The smallest absolute Gasteiger partial charge is 0.256 e. The Balaban J connectivity index is 2.21. The highest BCUT2D eigenvalue weighted by molar-refractivity contribution is 5.99. The van der Waals surface area contributed by atoms with E-state index in [-0.39, 0.29) is 5.91 Å². The molecule has 0 saturated heterocycles. The van der Waals surface area contributed by atoms with E-state index >= 15 is 0 Å². The molecular formula is C14H20N2O2. The maximum absolute atomic E-state index is 12.4. The zero-order chi connectivity index (χ0) is 13.1. The number of nitrogens with two attached hydrogens (primary N) is 1. The average molecular weight is 248 g/mol. The Morgan fingerprint density at radius 1 is 1.39 bits per heavy atom. The number of rotatable bonds is 3. The lowest BCUT2D eigenvalue weighted by molar-refractivity contribution is 0.0736. The summed E-state index contributed by atoms with van der Waals surface area (Å²) in [6.07, 6.45) is 4.59. The third-order valence-electron chi connectivity index (χ3n) is 3.68. The van der Waals surface area contributed by atoms with Gasteiger partial charge >= 0.3 is 0 Å². The first-order valence-corrected chi connectivity index (χ1v) is 6.34. The Labute approximate surface area is 108 Å². The van der Waals surface area contributed by atoms with E-state index in [1.807, 2.05) is 11.9 Å². The van der Waals surface area contributed by atoms with Gasteiger partial charge in [0.15, 0.2) is 0 Å². The molecule has 0 heterocycles. The molecule has 1 aliphatic carbocycles. The van der Waals surface area contributed by atoms with E-state index in [1.54, 1.807) is 25.3 Å². The van der Waals surface area contributed by atoms with E-state index < -0.39 is 0 Å². The highest BCUT2D eigenvalue weighted by atomic mass is 16.5. The van der Waals surface area contributed by atoms with Gasteiger partial charge in [0.1, 0.15) is 5.75 Å². The second-order valence-electron chi connectivity index (χ2n) is 4.81. The van der Waals surface area contributed by atoms with E-state index in [9.17, 15) is 4.79 Å². The van der Waals surface area contributed by atoms with Crippen LogP contribution in [0.15, 0.2) is 18.2 Å². The molecule has 1 aliphatic rings. The highest BCUT2D eigenvalue weighted by Crippen LogP contribution is 2.26. The molecule has 1 aromatic carbocycles. The van der Waals surface area contributed by atoms with Crippen LogP contribution in [0.4, 0.5) is 5.69 Å². The van der Waals surface area contributed by atoms with Crippen molar-refractivity contribution in [1.82, 2.24) is 4.90 Å². The van der Waals surface area contributed by atoms with Crippen LogP contribution in [0.1, 0.15) is 36.0 Å². The number of carbonyl (C=O) groups is 1. The molecule has 1 fully saturated rings. The summed E-state index contributed by atoms with van der Waals surface area (Å²) < 4.78 is 5.14. The van der Waals surface area contributed by atoms with Crippen LogP contribution in [0, 0.1) is 0 Å². The fourth-order valence-electron chi connectivity index (χ4n) is 2.49. The van der Waals surface area contributed by atoms with Gasteiger partial charge in [-0.05, 0) is 31.0 Å². The largest absolute Gasteiger partial charge is 0.497 e. The van der Waals surface area contributed by atoms with Gasteiger partial charge < -0.3 is 15.4 Å². The van der Waals surface area contributed by atoms with Crippen LogP contribution in [0.25, 0.3) is 0 Å². The normalized spacial score (nSPS) is 15.7. The third kappa shape index (κ3) is 2.42. The van der Waals surface area contributed by atoms with Crippen LogP contribution in [0.2, 0.25) is 0 Å². The van der Waals surface area contributed by atoms with Gasteiger partial charge in [-0.25, -0.2) is 0 Å². The third-order valence-corrected chi connectivity index (χ3v) is 3.68. The maximum Gasteiger partial charge on any atom is 0.256 e. The second kappa shape index (κ2) is 5.29. The molecular weight excluding hydrogens is 228 g/mol. The molecule has 2 rings (SSSR count). The van der Waals surface area contributed by atoms with Gasteiger partial charge in [0, 0.05) is 18.8 Å². The molecule has 4 nitrogen and oxygen atoms in total. The van der Waals surface area contributed by atoms with Gasteiger partial charge in [0.2, 0.25) is 0 Å². The Bertz CT molecular complexity index is 439. The van der Waals surface area contributed by atoms with Crippen LogP contribution < -0.4 is 10.5 Å². The van der Waals surface area contributed by atoms with Gasteiger partial charge in [-0.1, -0.05) is 12.8 Å². The van der Waals surface area contributed by atoms with Crippen molar-refractivity contribution in [2.24, 2.45) is 0 Å². The van der Waals surface area contributed by atoms with Crippen molar-refractivity contribution >= 4 is 11.6 Å². The monoisotopic (exact) mass is 248 g/mol. The molecule has 18 heavy (non-hydrogen) atoms. The minimum Gasteiger partial charge on any atom is -0.497 e. The first kappa shape index (κ1) is 12.7. The molecule has 1 saturated carbocycles. The summed E-state index contributed by atoms with van der Waals surface area (Å²) in [6, 6.07) is 5.54. The van der Waals surface area contributed by atoms with Gasteiger partial charge in [-0.3, -0.25) is 4.79 Å². The number of carbonyl (C=O) groups excluding carboxylic acids is 1. The van der Waals surface area contributed by atoms with Crippen molar-refractivity contribution in [2.75, 3.05) is 19.9 Å². The SMILES string of the molecule is COc1ccc(N)c(C(=O)N(C)C2CCCC2)c1. The number of amides is 1. The fourth-order valence-corrected chi connectivity index (χ4v) is 2.49.